The predicted molar refractivity (Wildman–Crippen MR) is 52.3 cm³/mol. The van der Waals surface area contributed by atoms with E-state index in [-0.39, 0.29) is 23.3 Å². The van der Waals surface area contributed by atoms with Crippen molar-refractivity contribution < 1.29 is 22.0 Å². The molecule has 0 atom stereocenters. The number of pyridine rings is 1. The highest BCUT2D eigenvalue weighted by molar-refractivity contribution is 5.43. The average molecular weight is 265 g/mol. The number of alkyl halides is 5. The Kier molecular flexibility index (Phi) is 2.95. The summed E-state index contributed by atoms with van der Waals surface area (Å²) in [7, 11) is 0. The Labute approximate surface area is 98.2 Å². The van der Waals surface area contributed by atoms with Gasteiger partial charge < -0.3 is 0 Å². The summed E-state index contributed by atoms with van der Waals surface area (Å²) in [4.78, 5) is 3.27. The van der Waals surface area contributed by atoms with E-state index in [0.717, 1.165) is 16.6 Å². The molecule has 0 bridgehead atoms. The molecule has 98 valence electrons. The highest BCUT2D eigenvalue weighted by Crippen LogP contribution is 2.29. The minimum atomic E-state index is -4.69. The van der Waals surface area contributed by atoms with Gasteiger partial charge in [-0.1, -0.05) is 6.92 Å². The monoisotopic (exact) mass is 265 g/mol. The van der Waals surface area contributed by atoms with Crippen LogP contribution in [0.1, 0.15) is 30.4 Å². The molecule has 0 spiro atoms. The van der Waals surface area contributed by atoms with Crippen LogP contribution in [0.25, 0.3) is 5.65 Å². The third-order valence-electron chi connectivity index (χ3n) is 2.46. The van der Waals surface area contributed by atoms with Gasteiger partial charge in [-0.2, -0.15) is 13.2 Å². The molecule has 0 aliphatic carbocycles. The number of rotatable bonds is 2. The van der Waals surface area contributed by atoms with Crippen LogP contribution >= 0.6 is 0 Å². The van der Waals surface area contributed by atoms with Crippen LogP contribution in [0, 0.1) is 0 Å². The van der Waals surface area contributed by atoms with Crippen molar-refractivity contribution >= 4 is 5.65 Å². The van der Waals surface area contributed by atoms with Gasteiger partial charge in [0.15, 0.2) is 5.65 Å². The third kappa shape index (κ3) is 2.02. The first-order valence-corrected chi connectivity index (χ1v) is 5.08. The van der Waals surface area contributed by atoms with Crippen molar-refractivity contribution in [3.63, 3.8) is 0 Å². The molecule has 0 radical (unpaired) electrons. The van der Waals surface area contributed by atoms with Gasteiger partial charge in [-0.05, 0) is 18.6 Å². The van der Waals surface area contributed by atoms with Crippen LogP contribution in [-0.4, -0.2) is 14.6 Å². The minimum Gasteiger partial charge on any atom is -0.217 e. The van der Waals surface area contributed by atoms with Crippen molar-refractivity contribution in [2.75, 3.05) is 0 Å². The summed E-state index contributed by atoms with van der Waals surface area (Å²) in [5.41, 5.74) is -0.391. The van der Waals surface area contributed by atoms with Gasteiger partial charge in [0.2, 0.25) is 0 Å². The van der Waals surface area contributed by atoms with E-state index in [0.29, 0.717) is 0 Å². The lowest BCUT2D eigenvalue weighted by atomic mass is 10.1. The van der Waals surface area contributed by atoms with Crippen LogP contribution in [0.4, 0.5) is 22.0 Å². The molecule has 0 amide bonds. The van der Waals surface area contributed by atoms with Crippen LogP contribution in [0.2, 0.25) is 0 Å². The SMILES string of the molecule is CCc1c(C(F)F)ccc2nc(C(F)(F)F)nn12. The van der Waals surface area contributed by atoms with Gasteiger partial charge in [-0.3, -0.25) is 0 Å². The van der Waals surface area contributed by atoms with Crippen molar-refractivity contribution in [1.29, 1.82) is 0 Å². The topological polar surface area (TPSA) is 30.2 Å². The first-order chi connectivity index (χ1) is 8.34. The minimum absolute atomic E-state index is 0.0329. The molecule has 18 heavy (non-hydrogen) atoms. The van der Waals surface area contributed by atoms with Gasteiger partial charge in [-0.25, -0.2) is 18.3 Å². The highest BCUT2D eigenvalue weighted by Gasteiger charge is 2.36. The third-order valence-corrected chi connectivity index (χ3v) is 2.46. The number of hydrogen-bond donors (Lipinski definition) is 0. The molecule has 0 aliphatic rings. The van der Waals surface area contributed by atoms with Crippen LogP contribution in [0.3, 0.4) is 0 Å². The fourth-order valence-corrected chi connectivity index (χ4v) is 1.69. The summed E-state index contributed by atoms with van der Waals surface area (Å²) in [5, 5.41) is 3.25. The lowest BCUT2D eigenvalue weighted by Crippen LogP contribution is -2.09. The van der Waals surface area contributed by atoms with Crippen LogP contribution in [0.5, 0.6) is 0 Å². The van der Waals surface area contributed by atoms with Gasteiger partial charge in [0.25, 0.3) is 12.2 Å². The maximum Gasteiger partial charge on any atom is 0.453 e. The average Bonchev–Trinajstić information content (AvgIpc) is 2.70. The Morgan fingerprint density at radius 1 is 1.28 bits per heavy atom. The molecule has 0 saturated heterocycles. The van der Waals surface area contributed by atoms with Gasteiger partial charge in [0.1, 0.15) is 0 Å². The number of fused-ring (bicyclic) bond motifs is 1. The second-order valence-electron chi connectivity index (χ2n) is 3.59. The molecule has 0 aliphatic heterocycles. The lowest BCUT2D eigenvalue weighted by Gasteiger charge is -2.07. The van der Waals surface area contributed by atoms with Gasteiger partial charge in [0.05, 0.1) is 5.69 Å². The summed E-state index contributed by atoms with van der Waals surface area (Å²) in [6.45, 7) is 1.57. The van der Waals surface area contributed by atoms with Crippen LogP contribution in [0.15, 0.2) is 12.1 Å². The maximum absolute atomic E-state index is 12.7. The zero-order valence-electron chi connectivity index (χ0n) is 9.17. The van der Waals surface area contributed by atoms with E-state index in [9.17, 15) is 22.0 Å². The zero-order valence-corrected chi connectivity index (χ0v) is 9.17. The number of nitrogens with zero attached hydrogens (tertiary/aromatic N) is 3. The largest absolute Gasteiger partial charge is 0.453 e. The normalized spacial score (nSPS) is 12.6. The molecule has 0 N–H and O–H groups in total. The van der Waals surface area contributed by atoms with E-state index in [1.165, 1.54) is 0 Å². The molecular formula is C10H8F5N3. The van der Waals surface area contributed by atoms with Gasteiger partial charge in [0, 0.05) is 5.56 Å². The second kappa shape index (κ2) is 4.18. The van der Waals surface area contributed by atoms with Crippen LogP contribution < -0.4 is 0 Å². The molecule has 3 nitrogen and oxygen atoms in total. The summed E-state index contributed by atoms with van der Waals surface area (Å²) >= 11 is 0. The Morgan fingerprint density at radius 2 is 1.94 bits per heavy atom. The predicted octanol–water partition coefficient (Wildman–Crippen LogP) is 3.25. The summed E-state index contributed by atoms with van der Waals surface area (Å²) in [5.74, 6) is -1.33. The van der Waals surface area contributed by atoms with E-state index < -0.39 is 18.4 Å². The number of halogens is 5. The van der Waals surface area contributed by atoms with Crippen molar-refractivity contribution in [2.24, 2.45) is 0 Å². The Morgan fingerprint density at radius 3 is 2.44 bits per heavy atom. The van der Waals surface area contributed by atoms with Crippen molar-refractivity contribution in [2.45, 2.75) is 25.9 Å². The Bertz CT molecular complexity index is 573. The molecule has 2 rings (SSSR count). The Hall–Kier alpha value is -1.73. The quantitative estimate of drug-likeness (QED) is 0.780. The molecule has 2 aromatic heterocycles. The molecule has 0 unspecified atom stereocenters. The summed E-state index contributed by atoms with van der Waals surface area (Å²) in [6.07, 6.45) is -7.32. The summed E-state index contributed by atoms with van der Waals surface area (Å²) in [6, 6.07) is 2.18. The maximum atomic E-state index is 12.7. The molecule has 0 fully saturated rings. The summed E-state index contributed by atoms with van der Waals surface area (Å²) < 4.78 is 63.5. The van der Waals surface area contributed by atoms with Crippen molar-refractivity contribution in [3.8, 4) is 0 Å². The van der Waals surface area contributed by atoms with Crippen LogP contribution in [-0.2, 0) is 12.6 Å². The van der Waals surface area contributed by atoms with E-state index >= 15 is 0 Å². The Balaban J connectivity index is 2.70. The smallest absolute Gasteiger partial charge is 0.217 e. The van der Waals surface area contributed by atoms with Crippen molar-refractivity contribution in [3.05, 3.63) is 29.2 Å². The standard InChI is InChI=1S/C10H8F5N3/c1-2-6-5(8(11)12)3-4-7-16-9(10(13,14)15)17-18(6)7/h3-4,8H,2H2,1H3. The van der Waals surface area contributed by atoms with E-state index in [1.54, 1.807) is 6.92 Å². The number of aromatic nitrogens is 3. The molecule has 0 saturated carbocycles. The molecular weight excluding hydrogens is 257 g/mol. The molecule has 2 heterocycles. The molecule has 0 aromatic carbocycles. The van der Waals surface area contributed by atoms with E-state index in [1.807, 2.05) is 0 Å². The second-order valence-corrected chi connectivity index (χ2v) is 3.59. The fourth-order valence-electron chi connectivity index (χ4n) is 1.69. The lowest BCUT2D eigenvalue weighted by molar-refractivity contribution is -0.144. The first kappa shape index (κ1) is 12.7. The molecule has 8 heteroatoms. The van der Waals surface area contributed by atoms with E-state index in [4.69, 9.17) is 0 Å². The van der Waals surface area contributed by atoms with Crippen molar-refractivity contribution in [1.82, 2.24) is 14.6 Å². The number of hydrogen-bond acceptors (Lipinski definition) is 2. The van der Waals surface area contributed by atoms with E-state index in [2.05, 4.69) is 10.1 Å². The fraction of sp³-hybridized carbons (Fsp3) is 0.400. The number of aryl methyl sites for hydroxylation is 1. The first-order valence-electron chi connectivity index (χ1n) is 5.08. The highest BCUT2D eigenvalue weighted by atomic mass is 19.4. The molecule has 2 aromatic rings. The zero-order chi connectivity index (χ0) is 13.5. The van der Waals surface area contributed by atoms with Gasteiger partial charge >= 0.3 is 6.18 Å². The van der Waals surface area contributed by atoms with Gasteiger partial charge in [-0.15, -0.1) is 5.10 Å².